The van der Waals surface area contributed by atoms with Crippen molar-refractivity contribution in [2.24, 2.45) is 0 Å². The van der Waals surface area contributed by atoms with Crippen LogP contribution < -0.4 is 5.32 Å². The number of imidazole rings is 1. The van der Waals surface area contributed by atoms with Gasteiger partial charge in [-0.05, 0) is 35.7 Å². The first-order chi connectivity index (χ1) is 19.2. The van der Waals surface area contributed by atoms with E-state index in [0.29, 0.717) is 18.9 Å². The average Bonchev–Trinajstić information content (AvgIpc) is 3.28. The third-order valence-electron chi connectivity index (χ3n) is 5.53. The lowest BCUT2D eigenvalue weighted by atomic mass is 9.95. The van der Waals surface area contributed by atoms with Crippen molar-refractivity contribution in [3.05, 3.63) is 76.6 Å². The van der Waals surface area contributed by atoms with Crippen LogP contribution in [0.5, 0.6) is 0 Å². The Labute approximate surface area is 226 Å². The second kappa shape index (κ2) is 12.1. The first-order valence-electron chi connectivity index (χ1n) is 11.3. The molecule has 0 aliphatic rings. The molecule has 7 nitrogen and oxygen atoms in total. The minimum absolute atomic E-state index is 0.0592. The van der Waals surface area contributed by atoms with Gasteiger partial charge >= 0.3 is 18.1 Å². The monoisotopic (exact) mass is 581 g/mol. The third kappa shape index (κ3) is 6.64. The molecule has 0 saturated heterocycles. The number of nitrogens with zero attached hydrogens (tertiary/aromatic N) is 1. The largest absolute Gasteiger partial charge is 0.490 e. The van der Waals surface area contributed by atoms with E-state index in [0.717, 1.165) is 11.6 Å². The zero-order valence-electron chi connectivity index (χ0n) is 20.8. The Bertz CT molecular complexity index is 1640. The molecule has 214 valence electrons. The Morgan fingerprint density at radius 2 is 1.46 bits per heavy atom. The Kier molecular flexibility index (Phi) is 9.04. The number of carboxylic acid groups (broad SMARTS) is 2. The number of carbonyl (C=O) groups is 2. The summed E-state index contributed by atoms with van der Waals surface area (Å²) in [6.45, 7) is 2.30. The van der Waals surface area contributed by atoms with E-state index in [9.17, 15) is 23.1 Å². The van der Waals surface area contributed by atoms with E-state index in [2.05, 4.69) is 21.2 Å². The van der Waals surface area contributed by atoms with Crippen LogP contribution >= 0.6 is 0 Å². The van der Waals surface area contributed by atoms with Crippen molar-refractivity contribution in [2.75, 3.05) is 6.54 Å². The molecule has 0 saturated carbocycles. The molecule has 4 rings (SSSR count). The van der Waals surface area contributed by atoms with Crippen molar-refractivity contribution in [3.63, 3.8) is 0 Å². The van der Waals surface area contributed by atoms with Crippen LogP contribution in [-0.2, 0) is 11.3 Å². The Balaban J connectivity index is 0.000000587. The number of hydrogen-bond donors (Lipinski definition) is 4. The highest BCUT2D eigenvalue weighted by Gasteiger charge is 2.38. The molecule has 0 unspecified atom stereocenters. The van der Waals surface area contributed by atoms with Crippen LogP contribution in [0.25, 0.3) is 33.3 Å². The molecule has 0 bridgehead atoms. The summed E-state index contributed by atoms with van der Waals surface area (Å²) < 4.78 is 92.1. The van der Waals surface area contributed by atoms with Crippen molar-refractivity contribution in [1.29, 1.82) is 0 Å². The lowest BCUT2D eigenvalue weighted by Gasteiger charge is -2.14. The molecule has 3 aromatic carbocycles. The van der Waals surface area contributed by atoms with Crippen molar-refractivity contribution >= 4 is 23.0 Å². The first kappa shape index (κ1) is 30.6. The minimum atomic E-state index is -5.08. The molecule has 1 aromatic heterocycles. The predicted molar refractivity (Wildman–Crippen MR) is 133 cm³/mol. The number of hydrogen-bond acceptors (Lipinski definition) is 4. The van der Waals surface area contributed by atoms with Crippen LogP contribution in [0.2, 0.25) is 0 Å². The SMILES string of the molecule is C#CCNCc1ccc(-c2c(F)c(F)c(-c3cc(C(=O)O)c4nc(C)[nH]c4c3)c(F)c2F)cc1.O=C(O)C(F)(F)F. The van der Waals surface area contributed by atoms with Gasteiger partial charge in [0.05, 0.1) is 28.8 Å². The summed E-state index contributed by atoms with van der Waals surface area (Å²) in [7, 11) is 0. The molecule has 0 aliphatic heterocycles. The molecule has 0 fully saturated rings. The van der Waals surface area contributed by atoms with E-state index >= 15 is 17.6 Å². The van der Waals surface area contributed by atoms with Crippen molar-refractivity contribution < 1.29 is 50.5 Å². The van der Waals surface area contributed by atoms with Crippen molar-refractivity contribution in [1.82, 2.24) is 15.3 Å². The van der Waals surface area contributed by atoms with Gasteiger partial charge in [-0.2, -0.15) is 13.2 Å². The lowest BCUT2D eigenvalue weighted by molar-refractivity contribution is -0.192. The first-order valence-corrected chi connectivity index (χ1v) is 11.3. The third-order valence-corrected chi connectivity index (χ3v) is 5.53. The number of H-pyrrole nitrogens is 1. The van der Waals surface area contributed by atoms with Gasteiger partial charge in [-0.1, -0.05) is 30.2 Å². The Morgan fingerprint density at radius 1 is 0.951 bits per heavy atom. The fourth-order valence-electron chi connectivity index (χ4n) is 3.75. The number of carboxylic acids is 2. The van der Waals surface area contributed by atoms with Gasteiger partial charge in [0.1, 0.15) is 11.3 Å². The Morgan fingerprint density at radius 3 is 1.93 bits per heavy atom. The molecule has 0 atom stereocenters. The second-order valence-corrected chi connectivity index (χ2v) is 8.36. The van der Waals surface area contributed by atoms with Crippen LogP contribution in [0.3, 0.4) is 0 Å². The number of terminal acetylenes is 1. The highest BCUT2D eigenvalue weighted by molar-refractivity contribution is 6.03. The van der Waals surface area contributed by atoms with E-state index in [1.807, 2.05) is 0 Å². The summed E-state index contributed by atoms with van der Waals surface area (Å²) in [6.07, 6.45) is 0.0758. The van der Waals surface area contributed by atoms with Crippen LogP contribution in [0.15, 0.2) is 36.4 Å². The highest BCUT2D eigenvalue weighted by atomic mass is 19.4. The van der Waals surface area contributed by atoms with Gasteiger partial charge in [0, 0.05) is 6.54 Å². The molecule has 14 heteroatoms. The molecule has 0 amide bonds. The molecular weight excluding hydrogens is 563 g/mol. The molecule has 41 heavy (non-hydrogen) atoms. The van der Waals surface area contributed by atoms with E-state index in [-0.39, 0.29) is 27.7 Å². The number of benzene rings is 3. The number of aliphatic carboxylic acids is 1. The molecular formula is C27H18F7N3O4. The average molecular weight is 581 g/mol. The predicted octanol–water partition coefficient (Wildman–Crippen LogP) is 5.82. The van der Waals surface area contributed by atoms with Crippen LogP contribution in [0, 0.1) is 42.5 Å². The molecule has 0 radical (unpaired) electrons. The van der Waals surface area contributed by atoms with Crippen LogP contribution in [0.4, 0.5) is 30.7 Å². The standard InChI is InChI=1S/C25H17F4N3O2.C2HF3O2/c1-3-8-30-11-13-4-6-14(7-5-13)18-20(26)22(28)19(23(29)21(18)27)15-9-16(25(33)34)24-17(10-15)31-12(2)32-24;3-2(4,5)1(6)7/h1,4-7,9-10,30H,8,11H2,2H3,(H,31,32)(H,33,34);(H,6,7). The normalized spacial score (nSPS) is 11.1. The fourth-order valence-corrected chi connectivity index (χ4v) is 3.75. The fraction of sp³-hybridized carbons (Fsp3) is 0.148. The quantitative estimate of drug-likeness (QED) is 0.0988. The zero-order chi connectivity index (χ0) is 30.6. The van der Waals surface area contributed by atoms with Crippen LogP contribution in [-0.4, -0.2) is 44.8 Å². The van der Waals surface area contributed by atoms with Gasteiger partial charge in [0.2, 0.25) is 0 Å². The number of aromatic carboxylic acids is 1. The van der Waals surface area contributed by atoms with Crippen molar-refractivity contribution in [3.8, 4) is 34.6 Å². The molecule has 4 N–H and O–H groups in total. The zero-order valence-corrected chi connectivity index (χ0v) is 20.8. The summed E-state index contributed by atoms with van der Waals surface area (Å²) >= 11 is 0. The van der Waals surface area contributed by atoms with Gasteiger partial charge in [-0.25, -0.2) is 32.1 Å². The molecule has 4 aromatic rings. The smallest absolute Gasteiger partial charge is 0.478 e. The maximum absolute atomic E-state index is 15.1. The number of fused-ring (bicyclic) bond motifs is 1. The molecule has 1 heterocycles. The summed E-state index contributed by atoms with van der Waals surface area (Å²) in [5, 5.41) is 19.6. The second-order valence-electron chi connectivity index (χ2n) is 8.36. The molecule has 0 spiro atoms. The van der Waals surface area contributed by atoms with Gasteiger partial charge in [0.25, 0.3) is 0 Å². The van der Waals surface area contributed by atoms with E-state index in [1.54, 1.807) is 19.1 Å². The van der Waals surface area contributed by atoms with E-state index in [1.165, 1.54) is 18.2 Å². The van der Waals surface area contributed by atoms with E-state index < -0.39 is 52.5 Å². The maximum atomic E-state index is 15.1. The lowest BCUT2D eigenvalue weighted by Crippen LogP contribution is -2.21. The number of aromatic nitrogens is 2. The minimum Gasteiger partial charge on any atom is -0.478 e. The summed E-state index contributed by atoms with van der Waals surface area (Å²) in [5.41, 5.74) is -1.68. The summed E-state index contributed by atoms with van der Waals surface area (Å²) in [6, 6.07) is 7.91. The number of alkyl halides is 3. The number of aryl methyl sites for hydroxylation is 1. The number of aromatic amines is 1. The molecule has 0 aliphatic carbocycles. The van der Waals surface area contributed by atoms with Crippen molar-refractivity contribution in [2.45, 2.75) is 19.6 Å². The topological polar surface area (TPSA) is 115 Å². The van der Waals surface area contributed by atoms with Crippen LogP contribution in [0.1, 0.15) is 21.7 Å². The number of rotatable bonds is 6. The Hall–Kier alpha value is -4.90. The number of halogens is 7. The van der Waals surface area contributed by atoms with E-state index in [4.69, 9.17) is 16.3 Å². The van der Waals surface area contributed by atoms with Gasteiger partial charge < -0.3 is 20.5 Å². The van der Waals surface area contributed by atoms with Gasteiger partial charge in [0.15, 0.2) is 23.3 Å². The maximum Gasteiger partial charge on any atom is 0.490 e. The number of nitrogens with one attached hydrogen (secondary N) is 2. The van der Waals surface area contributed by atoms with Gasteiger partial charge in [-0.15, -0.1) is 6.42 Å². The summed E-state index contributed by atoms with van der Waals surface area (Å²) in [5.74, 6) is -7.86. The van der Waals surface area contributed by atoms with Gasteiger partial charge in [-0.3, -0.25) is 0 Å². The summed E-state index contributed by atoms with van der Waals surface area (Å²) in [4.78, 5) is 27.4. The highest BCUT2D eigenvalue weighted by Crippen LogP contribution is 2.38.